The van der Waals surface area contributed by atoms with Crippen LogP contribution in [0.2, 0.25) is 0 Å². The Morgan fingerprint density at radius 3 is 2.78 bits per heavy atom. The standard InChI is InChI=1S/C12H13FN2O3/c1-2-14-12(18)15-9-4-5-10(13)8(7-9)3-6-11(16)17/h3-7H,2H2,1H3,(H,16,17)(H2,14,15,18)/b6-3+. The second-order valence-electron chi connectivity index (χ2n) is 3.39. The first kappa shape index (κ1) is 13.7. The molecule has 0 bridgehead atoms. The molecule has 0 aromatic heterocycles. The first-order valence-electron chi connectivity index (χ1n) is 5.28. The first-order chi connectivity index (χ1) is 8.52. The van der Waals surface area contributed by atoms with E-state index in [1.165, 1.54) is 12.1 Å². The monoisotopic (exact) mass is 252 g/mol. The maximum Gasteiger partial charge on any atom is 0.328 e. The fourth-order valence-corrected chi connectivity index (χ4v) is 1.25. The number of carboxylic acid groups (broad SMARTS) is 1. The largest absolute Gasteiger partial charge is 0.478 e. The summed E-state index contributed by atoms with van der Waals surface area (Å²) in [6.45, 7) is 2.24. The van der Waals surface area contributed by atoms with Gasteiger partial charge in [0.1, 0.15) is 5.82 Å². The molecule has 2 amide bonds. The number of hydrogen-bond acceptors (Lipinski definition) is 2. The minimum Gasteiger partial charge on any atom is -0.478 e. The van der Waals surface area contributed by atoms with Gasteiger partial charge in [-0.05, 0) is 31.2 Å². The van der Waals surface area contributed by atoms with Gasteiger partial charge in [0, 0.05) is 23.9 Å². The van der Waals surface area contributed by atoms with E-state index in [4.69, 9.17) is 5.11 Å². The Balaban J connectivity index is 2.86. The molecule has 0 saturated carbocycles. The summed E-state index contributed by atoms with van der Waals surface area (Å²) in [6.07, 6.45) is 1.95. The number of benzene rings is 1. The van der Waals surface area contributed by atoms with Gasteiger partial charge in [-0.1, -0.05) is 0 Å². The number of carboxylic acids is 1. The van der Waals surface area contributed by atoms with Crippen molar-refractivity contribution in [3.05, 3.63) is 35.7 Å². The van der Waals surface area contributed by atoms with Crippen molar-refractivity contribution in [3.8, 4) is 0 Å². The van der Waals surface area contributed by atoms with Crippen molar-refractivity contribution in [2.24, 2.45) is 0 Å². The fraction of sp³-hybridized carbons (Fsp3) is 0.167. The number of hydrogen-bond donors (Lipinski definition) is 3. The molecule has 5 nitrogen and oxygen atoms in total. The Kier molecular flexibility index (Phi) is 4.86. The lowest BCUT2D eigenvalue weighted by Crippen LogP contribution is -2.28. The van der Waals surface area contributed by atoms with Crippen molar-refractivity contribution < 1.29 is 19.1 Å². The zero-order valence-electron chi connectivity index (χ0n) is 9.74. The van der Waals surface area contributed by atoms with Crippen molar-refractivity contribution in [3.63, 3.8) is 0 Å². The fourth-order valence-electron chi connectivity index (χ4n) is 1.25. The summed E-state index contributed by atoms with van der Waals surface area (Å²) in [6, 6.07) is 3.49. The zero-order valence-corrected chi connectivity index (χ0v) is 9.74. The molecule has 96 valence electrons. The number of halogens is 1. The van der Waals surface area contributed by atoms with E-state index in [2.05, 4.69) is 10.6 Å². The molecule has 0 aliphatic carbocycles. The van der Waals surface area contributed by atoms with Crippen LogP contribution in [0, 0.1) is 5.82 Å². The molecule has 0 radical (unpaired) electrons. The van der Waals surface area contributed by atoms with Crippen LogP contribution in [0.1, 0.15) is 12.5 Å². The molecule has 0 atom stereocenters. The van der Waals surface area contributed by atoms with Gasteiger partial charge >= 0.3 is 12.0 Å². The van der Waals surface area contributed by atoms with Crippen molar-refractivity contribution in [1.82, 2.24) is 5.32 Å². The average Bonchev–Trinajstić information content (AvgIpc) is 2.30. The average molecular weight is 252 g/mol. The second kappa shape index (κ2) is 6.39. The van der Waals surface area contributed by atoms with Crippen LogP contribution in [0.15, 0.2) is 24.3 Å². The quantitative estimate of drug-likeness (QED) is 0.718. The predicted octanol–water partition coefficient (Wildman–Crippen LogP) is 2.06. The van der Waals surface area contributed by atoms with E-state index in [0.29, 0.717) is 12.2 Å². The van der Waals surface area contributed by atoms with Gasteiger partial charge in [-0.15, -0.1) is 0 Å². The van der Waals surface area contributed by atoms with Crippen LogP contribution < -0.4 is 10.6 Å². The summed E-state index contributed by atoms with van der Waals surface area (Å²) in [4.78, 5) is 21.6. The summed E-state index contributed by atoms with van der Waals surface area (Å²) in [5.41, 5.74) is 0.471. The van der Waals surface area contributed by atoms with E-state index in [9.17, 15) is 14.0 Å². The topological polar surface area (TPSA) is 78.4 Å². The van der Waals surface area contributed by atoms with Crippen molar-refractivity contribution >= 4 is 23.8 Å². The van der Waals surface area contributed by atoms with Crippen LogP contribution in [-0.2, 0) is 4.79 Å². The molecule has 1 aromatic carbocycles. The van der Waals surface area contributed by atoms with Crippen LogP contribution in [0.25, 0.3) is 6.08 Å². The summed E-state index contributed by atoms with van der Waals surface area (Å²) < 4.78 is 13.3. The lowest BCUT2D eigenvalue weighted by Gasteiger charge is -2.07. The van der Waals surface area contributed by atoms with Gasteiger partial charge in [0.25, 0.3) is 0 Å². The molecule has 0 heterocycles. The third-order valence-corrected chi connectivity index (χ3v) is 2.00. The van der Waals surface area contributed by atoms with E-state index in [1.54, 1.807) is 6.92 Å². The molecule has 0 aliphatic rings. The minimum absolute atomic E-state index is 0.0895. The van der Waals surface area contributed by atoms with Crippen molar-refractivity contribution in [1.29, 1.82) is 0 Å². The van der Waals surface area contributed by atoms with Crippen LogP contribution in [-0.4, -0.2) is 23.7 Å². The van der Waals surface area contributed by atoms with Crippen LogP contribution in [0.5, 0.6) is 0 Å². The minimum atomic E-state index is -1.17. The molecule has 6 heteroatoms. The molecule has 1 aromatic rings. The van der Waals surface area contributed by atoms with E-state index in [1.807, 2.05) is 0 Å². The molecule has 0 unspecified atom stereocenters. The molecule has 0 aliphatic heterocycles. The Bertz CT molecular complexity index is 486. The number of amides is 2. The Morgan fingerprint density at radius 2 is 2.17 bits per heavy atom. The molecule has 1 rings (SSSR count). The van der Waals surface area contributed by atoms with E-state index < -0.39 is 17.8 Å². The lowest BCUT2D eigenvalue weighted by atomic mass is 10.1. The number of nitrogens with one attached hydrogen (secondary N) is 2. The molecule has 3 N–H and O–H groups in total. The van der Waals surface area contributed by atoms with Crippen molar-refractivity contribution in [2.75, 3.05) is 11.9 Å². The van der Waals surface area contributed by atoms with Gasteiger partial charge in [0.15, 0.2) is 0 Å². The van der Waals surface area contributed by atoms with Gasteiger partial charge in [-0.25, -0.2) is 14.0 Å². The molecular weight excluding hydrogens is 239 g/mol. The molecule has 0 spiro atoms. The smallest absolute Gasteiger partial charge is 0.328 e. The van der Waals surface area contributed by atoms with Crippen LogP contribution >= 0.6 is 0 Å². The van der Waals surface area contributed by atoms with Crippen LogP contribution in [0.3, 0.4) is 0 Å². The summed E-state index contributed by atoms with van der Waals surface area (Å²) >= 11 is 0. The van der Waals surface area contributed by atoms with Gasteiger partial charge < -0.3 is 15.7 Å². The normalized spacial score (nSPS) is 10.3. The number of carbonyl (C=O) groups is 2. The Morgan fingerprint density at radius 1 is 1.44 bits per heavy atom. The zero-order chi connectivity index (χ0) is 13.5. The van der Waals surface area contributed by atoms with Crippen molar-refractivity contribution in [2.45, 2.75) is 6.92 Å². The molecule has 0 saturated heterocycles. The van der Waals surface area contributed by atoms with Gasteiger partial charge in [-0.3, -0.25) is 0 Å². The highest BCUT2D eigenvalue weighted by Gasteiger charge is 2.04. The highest BCUT2D eigenvalue weighted by atomic mass is 19.1. The highest BCUT2D eigenvalue weighted by molar-refractivity contribution is 5.90. The summed E-state index contributed by atoms with van der Waals surface area (Å²) in [5.74, 6) is -1.73. The molecule has 18 heavy (non-hydrogen) atoms. The van der Waals surface area contributed by atoms with E-state index in [-0.39, 0.29) is 5.56 Å². The highest BCUT2D eigenvalue weighted by Crippen LogP contribution is 2.16. The van der Waals surface area contributed by atoms with Gasteiger partial charge in [0.05, 0.1) is 0 Å². The van der Waals surface area contributed by atoms with Gasteiger partial charge in [0.2, 0.25) is 0 Å². The second-order valence-corrected chi connectivity index (χ2v) is 3.39. The summed E-state index contributed by atoms with van der Waals surface area (Å²) in [5, 5.41) is 13.5. The SMILES string of the molecule is CCNC(=O)Nc1ccc(F)c(/C=C/C(=O)O)c1. The maximum atomic E-state index is 13.3. The number of urea groups is 1. The third kappa shape index (κ3) is 4.25. The third-order valence-electron chi connectivity index (χ3n) is 2.00. The Labute approximate surface area is 103 Å². The number of anilines is 1. The summed E-state index contributed by atoms with van der Waals surface area (Å²) in [7, 11) is 0. The molecular formula is C12H13FN2O3. The number of aliphatic carboxylic acids is 1. The van der Waals surface area contributed by atoms with E-state index >= 15 is 0 Å². The van der Waals surface area contributed by atoms with Crippen LogP contribution in [0.4, 0.5) is 14.9 Å². The number of rotatable bonds is 4. The number of carbonyl (C=O) groups excluding carboxylic acids is 1. The lowest BCUT2D eigenvalue weighted by molar-refractivity contribution is -0.131. The predicted molar refractivity (Wildman–Crippen MR) is 65.8 cm³/mol. The first-order valence-corrected chi connectivity index (χ1v) is 5.28. The maximum absolute atomic E-state index is 13.3. The molecule has 0 fully saturated rings. The van der Waals surface area contributed by atoms with Gasteiger partial charge in [-0.2, -0.15) is 0 Å². The Hall–Kier alpha value is -2.37. The van der Waals surface area contributed by atoms with E-state index in [0.717, 1.165) is 18.2 Å².